The van der Waals surface area contributed by atoms with Gasteiger partial charge in [0.15, 0.2) is 6.61 Å². The molecule has 8 heteroatoms. The van der Waals surface area contributed by atoms with Crippen molar-refractivity contribution in [3.63, 3.8) is 0 Å². The fourth-order valence-electron chi connectivity index (χ4n) is 2.03. The van der Waals surface area contributed by atoms with E-state index in [9.17, 15) is 9.59 Å². The number of hydrogen-bond acceptors (Lipinski definition) is 7. The summed E-state index contributed by atoms with van der Waals surface area (Å²) in [4.78, 5) is 28.3. The van der Waals surface area contributed by atoms with Gasteiger partial charge in [0.25, 0.3) is 0 Å². The van der Waals surface area contributed by atoms with Gasteiger partial charge in [-0.25, -0.2) is 14.6 Å². The van der Waals surface area contributed by atoms with E-state index >= 15 is 0 Å². The quantitative estimate of drug-likeness (QED) is 0.722. The Morgan fingerprint density at radius 2 is 1.89 bits per heavy atom. The number of hydrogen-bond donors (Lipinski definition) is 1. The van der Waals surface area contributed by atoms with Crippen LogP contribution in [0.5, 0.6) is 5.75 Å². The highest BCUT2D eigenvalue weighted by molar-refractivity contribution is 7.15. The topological polar surface area (TPSA) is 86.8 Å². The van der Waals surface area contributed by atoms with Crippen LogP contribution in [0.15, 0.2) is 30.5 Å². The molecule has 2 rings (SSSR count). The smallest absolute Gasteiger partial charge is 0.407 e. The molecule has 1 amide bonds. The molecule has 1 aromatic heterocycles. The van der Waals surface area contributed by atoms with Gasteiger partial charge in [-0.1, -0.05) is 0 Å². The Morgan fingerprint density at radius 1 is 1.19 bits per heavy atom. The molecule has 1 N–H and O–H groups in total. The normalized spacial score (nSPS) is 11.0. The summed E-state index contributed by atoms with van der Waals surface area (Å²) < 4.78 is 15.4. The summed E-state index contributed by atoms with van der Waals surface area (Å²) in [6.07, 6.45) is 1.27. The largest absolute Gasteiger partial charge is 0.482 e. The van der Waals surface area contributed by atoms with E-state index in [2.05, 4.69) is 10.3 Å². The Hall–Kier alpha value is -2.61. The maximum Gasteiger partial charge on any atom is 0.407 e. The molecule has 0 saturated heterocycles. The van der Waals surface area contributed by atoms with Gasteiger partial charge in [0.2, 0.25) is 0 Å². The van der Waals surface area contributed by atoms with Crippen LogP contribution in [-0.4, -0.2) is 35.9 Å². The predicted octanol–water partition coefficient (Wildman–Crippen LogP) is 3.78. The Balaban J connectivity index is 1.88. The van der Waals surface area contributed by atoms with Crippen LogP contribution in [0.25, 0.3) is 10.6 Å². The van der Waals surface area contributed by atoms with Crippen LogP contribution in [0.2, 0.25) is 0 Å². The Kier molecular flexibility index (Phi) is 7.18. The zero-order valence-electron chi connectivity index (χ0n) is 15.9. The van der Waals surface area contributed by atoms with Crippen molar-refractivity contribution in [2.45, 2.75) is 39.8 Å². The van der Waals surface area contributed by atoms with E-state index in [1.807, 2.05) is 32.9 Å². The molecule has 0 aliphatic heterocycles. The van der Waals surface area contributed by atoms with Crippen LogP contribution >= 0.6 is 11.3 Å². The number of rotatable bonds is 7. The third kappa shape index (κ3) is 7.26. The Labute approximate surface area is 162 Å². The van der Waals surface area contributed by atoms with Crippen molar-refractivity contribution in [2.24, 2.45) is 0 Å². The molecule has 7 nitrogen and oxygen atoms in total. The zero-order valence-corrected chi connectivity index (χ0v) is 16.7. The van der Waals surface area contributed by atoms with Gasteiger partial charge in [0.05, 0.1) is 13.2 Å². The third-order valence-corrected chi connectivity index (χ3v) is 4.17. The molecule has 0 unspecified atom stereocenters. The standard InChI is InChI=1S/C19H24N2O5S/c1-5-24-16(22)12-25-14-8-6-13(7-9-14)17-20-10-15(27-17)11-21-18(23)26-19(2,3)4/h6-10H,5,11-12H2,1-4H3,(H,21,23). The van der Waals surface area contributed by atoms with Crippen LogP contribution in [0.4, 0.5) is 4.79 Å². The summed E-state index contributed by atoms with van der Waals surface area (Å²) in [6, 6.07) is 7.28. The molecule has 1 heterocycles. The number of carbonyl (C=O) groups excluding carboxylic acids is 2. The molecule has 27 heavy (non-hydrogen) atoms. The van der Waals surface area contributed by atoms with Crippen molar-refractivity contribution >= 4 is 23.4 Å². The van der Waals surface area contributed by atoms with Gasteiger partial charge in [-0.05, 0) is 52.0 Å². The Bertz CT molecular complexity index is 765. The first kappa shape index (κ1) is 20.7. The summed E-state index contributed by atoms with van der Waals surface area (Å²) in [5.74, 6) is 0.179. The molecular weight excluding hydrogens is 368 g/mol. The third-order valence-electron chi connectivity index (χ3n) is 3.12. The highest BCUT2D eigenvalue weighted by Crippen LogP contribution is 2.27. The van der Waals surface area contributed by atoms with Crippen LogP contribution in [0.1, 0.15) is 32.6 Å². The Morgan fingerprint density at radius 3 is 2.52 bits per heavy atom. The maximum atomic E-state index is 11.7. The molecule has 0 saturated carbocycles. The van der Waals surface area contributed by atoms with E-state index in [4.69, 9.17) is 14.2 Å². The molecule has 146 valence electrons. The summed E-state index contributed by atoms with van der Waals surface area (Å²) in [7, 11) is 0. The maximum absolute atomic E-state index is 11.7. The average Bonchev–Trinajstić information content (AvgIpc) is 3.06. The van der Waals surface area contributed by atoms with E-state index in [0.717, 1.165) is 15.4 Å². The number of aromatic nitrogens is 1. The average molecular weight is 392 g/mol. The van der Waals surface area contributed by atoms with Gasteiger partial charge >= 0.3 is 12.1 Å². The SMILES string of the molecule is CCOC(=O)COc1ccc(-c2ncc(CNC(=O)OC(C)(C)C)s2)cc1. The summed E-state index contributed by atoms with van der Waals surface area (Å²) in [6.45, 7) is 7.76. The lowest BCUT2D eigenvalue weighted by atomic mass is 10.2. The number of benzene rings is 1. The highest BCUT2D eigenvalue weighted by Gasteiger charge is 2.16. The van der Waals surface area contributed by atoms with Crippen molar-refractivity contribution in [3.05, 3.63) is 35.3 Å². The van der Waals surface area contributed by atoms with Gasteiger partial charge in [0.1, 0.15) is 16.4 Å². The second-order valence-corrected chi connectivity index (χ2v) is 7.72. The highest BCUT2D eigenvalue weighted by atomic mass is 32.1. The van der Waals surface area contributed by atoms with Crippen LogP contribution in [0.3, 0.4) is 0 Å². The lowest BCUT2D eigenvalue weighted by Crippen LogP contribution is -2.31. The van der Waals surface area contributed by atoms with Crippen molar-refractivity contribution in [1.29, 1.82) is 0 Å². The summed E-state index contributed by atoms with van der Waals surface area (Å²) in [5, 5.41) is 3.54. The van der Waals surface area contributed by atoms with Gasteiger partial charge in [-0.3, -0.25) is 0 Å². The lowest BCUT2D eigenvalue weighted by molar-refractivity contribution is -0.145. The van der Waals surface area contributed by atoms with Crippen LogP contribution < -0.4 is 10.1 Å². The first-order valence-corrected chi connectivity index (χ1v) is 9.39. The molecule has 0 aliphatic carbocycles. The number of thiazole rings is 1. The van der Waals surface area contributed by atoms with Crippen LogP contribution in [-0.2, 0) is 20.8 Å². The lowest BCUT2D eigenvalue weighted by Gasteiger charge is -2.19. The van der Waals surface area contributed by atoms with Gasteiger partial charge in [-0.15, -0.1) is 11.3 Å². The predicted molar refractivity (Wildman–Crippen MR) is 103 cm³/mol. The molecule has 0 bridgehead atoms. The van der Waals surface area contributed by atoms with Crippen molar-refractivity contribution in [3.8, 4) is 16.3 Å². The van der Waals surface area contributed by atoms with E-state index in [-0.39, 0.29) is 6.61 Å². The zero-order chi connectivity index (χ0) is 19.9. The fourth-order valence-corrected chi connectivity index (χ4v) is 2.89. The summed E-state index contributed by atoms with van der Waals surface area (Å²) in [5.41, 5.74) is 0.395. The molecule has 0 atom stereocenters. The first-order chi connectivity index (χ1) is 12.8. The second kappa shape index (κ2) is 9.36. The minimum Gasteiger partial charge on any atom is -0.482 e. The monoisotopic (exact) mass is 392 g/mol. The van der Waals surface area contributed by atoms with Crippen molar-refractivity contribution < 1.29 is 23.8 Å². The number of carbonyl (C=O) groups is 2. The minimum absolute atomic E-state index is 0.120. The molecule has 0 radical (unpaired) electrons. The van der Waals surface area contributed by atoms with Gasteiger partial charge < -0.3 is 19.5 Å². The number of alkyl carbamates (subject to hydrolysis) is 1. The number of amides is 1. The second-order valence-electron chi connectivity index (χ2n) is 6.61. The molecule has 0 fully saturated rings. The number of esters is 1. The summed E-state index contributed by atoms with van der Waals surface area (Å²) >= 11 is 1.48. The van der Waals surface area contributed by atoms with E-state index in [1.54, 1.807) is 25.3 Å². The van der Waals surface area contributed by atoms with Crippen molar-refractivity contribution in [1.82, 2.24) is 10.3 Å². The molecule has 2 aromatic rings. The molecule has 0 spiro atoms. The van der Waals surface area contributed by atoms with E-state index in [1.165, 1.54) is 11.3 Å². The number of nitrogens with zero attached hydrogens (tertiary/aromatic N) is 1. The van der Waals surface area contributed by atoms with Crippen molar-refractivity contribution in [2.75, 3.05) is 13.2 Å². The first-order valence-electron chi connectivity index (χ1n) is 8.57. The molecule has 0 aliphatic rings. The van der Waals surface area contributed by atoms with E-state index in [0.29, 0.717) is 18.9 Å². The number of nitrogens with one attached hydrogen (secondary N) is 1. The van der Waals surface area contributed by atoms with E-state index < -0.39 is 17.7 Å². The van der Waals surface area contributed by atoms with Gasteiger partial charge in [-0.2, -0.15) is 0 Å². The minimum atomic E-state index is -0.528. The van der Waals surface area contributed by atoms with Gasteiger partial charge in [0, 0.05) is 16.6 Å². The number of ether oxygens (including phenoxy) is 3. The van der Waals surface area contributed by atoms with Crippen LogP contribution in [0, 0.1) is 0 Å². The fraction of sp³-hybridized carbons (Fsp3) is 0.421. The molecular formula is C19H24N2O5S. The molecule has 1 aromatic carbocycles.